The Morgan fingerprint density at radius 1 is 1.47 bits per heavy atom. The van der Waals surface area contributed by atoms with Gasteiger partial charge in [0.1, 0.15) is 0 Å². The molecule has 0 radical (unpaired) electrons. The lowest BCUT2D eigenvalue weighted by molar-refractivity contribution is -0.117. The van der Waals surface area contributed by atoms with E-state index in [1.807, 2.05) is 13.0 Å². The van der Waals surface area contributed by atoms with Gasteiger partial charge in [-0.2, -0.15) is 0 Å². The lowest BCUT2D eigenvalue weighted by atomic mass is 10.2. The summed E-state index contributed by atoms with van der Waals surface area (Å²) in [5.74, 6) is -0.224. The summed E-state index contributed by atoms with van der Waals surface area (Å²) < 4.78 is 11.7. The number of carbonyl (C=O) groups is 1. The maximum absolute atomic E-state index is 11.7. The molecule has 0 heterocycles. The summed E-state index contributed by atoms with van der Waals surface area (Å²) in [5.41, 5.74) is 12.2. The van der Waals surface area contributed by atoms with Gasteiger partial charge in [-0.3, -0.25) is 9.00 Å². The molecule has 1 aromatic rings. The Morgan fingerprint density at radius 3 is 2.73 bits per heavy atom. The second-order valence-electron chi connectivity index (χ2n) is 3.31. The van der Waals surface area contributed by atoms with Crippen LogP contribution in [0.4, 0.5) is 5.69 Å². The summed E-state index contributed by atoms with van der Waals surface area (Å²) in [6.07, 6.45) is 0.111. The fraction of sp³-hybridized carbons (Fsp3) is 0.300. The first kappa shape index (κ1) is 11.7. The second kappa shape index (κ2) is 4.93. The highest BCUT2D eigenvalue weighted by Gasteiger charge is 2.09. The monoisotopic (exact) mass is 226 g/mol. The Hall–Kier alpha value is -1.36. The molecule has 0 spiro atoms. The number of primary amides is 1. The Morgan fingerprint density at radius 2 is 2.13 bits per heavy atom. The average Bonchev–Trinajstić information content (AvgIpc) is 2.18. The first-order valence-electron chi connectivity index (χ1n) is 4.53. The van der Waals surface area contributed by atoms with Gasteiger partial charge in [-0.1, -0.05) is 6.07 Å². The largest absolute Gasteiger partial charge is 0.398 e. The maximum Gasteiger partial charge on any atom is 0.218 e. The Labute approximate surface area is 91.1 Å². The molecule has 0 bridgehead atoms. The molecule has 82 valence electrons. The van der Waals surface area contributed by atoms with Crippen molar-refractivity contribution in [3.05, 3.63) is 23.8 Å². The van der Waals surface area contributed by atoms with E-state index in [-0.39, 0.29) is 12.2 Å². The average molecular weight is 226 g/mol. The van der Waals surface area contributed by atoms with Crippen LogP contribution in [0.1, 0.15) is 12.0 Å². The van der Waals surface area contributed by atoms with Crippen molar-refractivity contribution in [2.24, 2.45) is 5.73 Å². The highest BCUT2D eigenvalue weighted by atomic mass is 32.2. The van der Waals surface area contributed by atoms with Crippen LogP contribution < -0.4 is 11.5 Å². The molecule has 4 nitrogen and oxygen atoms in total. The highest BCUT2D eigenvalue weighted by Crippen LogP contribution is 2.18. The predicted molar refractivity (Wildman–Crippen MR) is 60.7 cm³/mol. The summed E-state index contributed by atoms with van der Waals surface area (Å²) in [6.45, 7) is 1.90. The van der Waals surface area contributed by atoms with Gasteiger partial charge < -0.3 is 11.5 Å². The minimum Gasteiger partial charge on any atom is -0.398 e. The zero-order chi connectivity index (χ0) is 11.4. The lowest BCUT2D eigenvalue weighted by Gasteiger charge is -2.05. The van der Waals surface area contributed by atoms with Crippen molar-refractivity contribution in [3.63, 3.8) is 0 Å². The molecule has 1 atom stereocenters. The smallest absolute Gasteiger partial charge is 0.218 e. The molecule has 1 aromatic carbocycles. The second-order valence-corrected chi connectivity index (χ2v) is 4.85. The molecule has 1 rings (SSSR count). The van der Waals surface area contributed by atoms with Gasteiger partial charge in [0, 0.05) is 17.9 Å². The number of hydrogen-bond donors (Lipinski definition) is 2. The van der Waals surface area contributed by atoms with Crippen LogP contribution in [0.3, 0.4) is 0 Å². The molecule has 0 aliphatic heterocycles. The van der Waals surface area contributed by atoms with Crippen molar-refractivity contribution in [1.82, 2.24) is 0 Å². The molecule has 0 fully saturated rings. The van der Waals surface area contributed by atoms with Crippen molar-refractivity contribution in [2.75, 3.05) is 11.5 Å². The van der Waals surface area contributed by atoms with Gasteiger partial charge >= 0.3 is 0 Å². The summed E-state index contributed by atoms with van der Waals surface area (Å²) in [4.78, 5) is 11.1. The van der Waals surface area contributed by atoms with Gasteiger partial charge in [0.25, 0.3) is 0 Å². The zero-order valence-corrected chi connectivity index (χ0v) is 9.34. The molecule has 1 amide bonds. The van der Waals surface area contributed by atoms with Crippen LogP contribution in [0, 0.1) is 6.92 Å². The number of rotatable bonds is 4. The topological polar surface area (TPSA) is 86.2 Å². The molecular weight excluding hydrogens is 212 g/mol. The highest BCUT2D eigenvalue weighted by molar-refractivity contribution is 7.85. The standard InChI is InChI=1S/C10H14N2O2S/c1-7-2-3-8(11)9(6-7)15(14)5-4-10(12)13/h2-3,6H,4-5,11H2,1H3,(H2,12,13). The normalized spacial score (nSPS) is 12.3. The van der Waals surface area contributed by atoms with E-state index in [0.29, 0.717) is 10.6 Å². The fourth-order valence-electron chi connectivity index (χ4n) is 1.14. The van der Waals surface area contributed by atoms with Gasteiger partial charge in [-0.15, -0.1) is 0 Å². The van der Waals surface area contributed by atoms with Gasteiger partial charge in [0.05, 0.1) is 15.7 Å². The third-order valence-electron chi connectivity index (χ3n) is 1.95. The number of benzene rings is 1. The van der Waals surface area contributed by atoms with Gasteiger partial charge in [0.2, 0.25) is 5.91 Å². The van der Waals surface area contributed by atoms with E-state index in [4.69, 9.17) is 11.5 Å². The summed E-state index contributed by atoms with van der Waals surface area (Å²) >= 11 is 0. The Kier molecular flexibility index (Phi) is 3.85. The number of hydrogen-bond acceptors (Lipinski definition) is 3. The van der Waals surface area contributed by atoms with Crippen LogP contribution in [0.25, 0.3) is 0 Å². The number of aryl methyl sites for hydroxylation is 1. The predicted octanol–water partition coefficient (Wildman–Crippen LogP) is 0.560. The third-order valence-corrected chi connectivity index (χ3v) is 3.37. The van der Waals surface area contributed by atoms with Crippen LogP contribution in [0.5, 0.6) is 0 Å². The van der Waals surface area contributed by atoms with Gasteiger partial charge in [0.15, 0.2) is 0 Å². The fourth-order valence-corrected chi connectivity index (χ4v) is 2.40. The van der Waals surface area contributed by atoms with Crippen LogP contribution in [0.15, 0.2) is 23.1 Å². The van der Waals surface area contributed by atoms with Crippen molar-refractivity contribution in [1.29, 1.82) is 0 Å². The minimum absolute atomic E-state index is 0.111. The van der Waals surface area contributed by atoms with Crippen LogP contribution in [-0.4, -0.2) is 15.9 Å². The molecule has 15 heavy (non-hydrogen) atoms. The summed E-state index contributed by atoms with van der Waals surface area (Å²) in [5, 5.41) is 0. The molecule has 0 aliphatic rings. The summed E-state index contributed by atoms with van der Waals surface area (Å²) in [7, 11) is -1.25. The molecular formula is C10H14N2O2S. The van der Waals surface area contributed by atoms with Gasteiger partial charge in [-0.25, -0.2) is 0 Å². The van der Waals surface area contributed by atoms with E-state index < -0.39 is 16.7 Å². The number of nitrogen functional groups attached to an aromatic ring is 1. The van der Waals surface area contributed by atoms with Crippen LogP contribution >= 0.6 is 0 Å². The molecule has 0 saturated carbocycles. The number of carbonyl (C=O) groups excluding carboxylic acids is 1. The summed E-state index contributed by atoms with van der Waals surface area (Å²) in [6, 6.07) is 5.34. The maximum atomic E-state index is 11.7. The molecule has 0 aliphatic carbocycles. The quantitative estimate of drug-likeness (QED) is 0.735. The van der Waals surface area contributed by atoms with E-state index in [1.165, 1.54) is 0 Å². The Balaban J connectivity index is 2.81. The number of nitrogens with two attached hydrogens (primary N) is 2. The van der Waals surface area contributed by atoms with Gasteiger partial charge in [-0.05, 0) is 24.6 Å². The van der Waals surface area contributed by atoms with E-state index in [9.17, 15) is 9.00 Å². The molecule has 4 N–H and O–H groups in total. The molecule has 1 unspecified atom stereocenters. The molecule has 0 saturated heterocycles. The zero-order valence-electron chi connectivity index (χ0n) is 8.53. The lowest BCUT2D eigenvalue weighted by Crippen LogP contribution is -2.14. The van der Waals surface area contributed by atoms with Crippen molar-refractivity contribution < 1.29 is 9.00 Å². The van der Waals surface area contributed by atoms with Crippen molar-refractivity contribution in [3.8, 4) is 0 Å². The van der Waals surface area contributed by atoms with E-state index in [2.05, 4.69) is 0 Å². The van der Waals surface area contributed by atoms with E-state index in [1.54, 1.807) is 12.1 Å². The SMILES string of the molecule is Cc1ccc(N)c(S(=O)CCC(N)=O)c1. The number of anilines is 1. The van der Waals surface area contributed by atoms with E-state index in [0.717, 1.165) is 5.56 Å². The number of amides is 1. The first-order chi connectivity index (χ1) is 7.00. The minimum atomic E-state index is -1.25. The van der Waals surface area contributed by atoms with Crippen LogP contribution in [0.2, 0.25) is 0 Å². The van der Waals surface area contributed by atoms with Crippen LogP contribution in [-0.2, 0) is 15.6 Å². The van der Waals surface area contributed by atoms with Crippen molar-refractivity contribution in [2.45, 2.75) is 18.2 Å². The molecule has 5 heteroatoms. The van der Waals surface area contributed by atoms with E-state index >= 15 is 0 Å². The van der Waals surface area contributed by atoms with Crippen molar-refractivity contribution >= 4 is 22.4 Å². The first-order valence-corrected chi connectivity index (χ1v) is 5.85. The Bertz CT molecular complexity index is 404. The molecule has 0 aromatic heterocycles. The third kappa shape index (κ3) is 3.36.